The molecular formula is C27H24F2N4. The average molecular weight is 443 g/mol. The summed E-state index contributed by atoms with van der Waals surface area (Å²) in [4.78, 5) is 6.37. The molecule has 1 aliphatic rings. The van der Waals surface area contributed by atoms with Gasteiger partial charge in [0.25, 0.3) is 0 Å². The highest BCUT2D eigenvalue weighted by Crippen LogP contribution is 2.40. The summed E-state index contributed by atoms with van der Waals surface area (Å²) in [7, 11) is 0. The molecule has 33 heavy (non-hydrogen) atoms. The Morgan fingerprint density at radius 1 is 0.909 bits per heavy atom. The van der Waals surface area contributed by atoms with Gasteiger partial charge in [0.05, 0.1) is 0 Å². The van der Waals surface area contributed by atoms with Crippen molar-refractivity contribution in [1.29, 1.82) is 0 Å². The first-order valence-electron chi connectivity index (χ1n) is 11.0. The number of nitrogens with zero attached hydrogens (tertiary/aromatic N) is 3. The van der Waals surface area contributed by atoms with Gasteiger partial charge in [0.1, 0.15) is 17.3 Å². The van der Waals surface area contributed by atoms with Crippen molar-refractivity contribution in [2.24, 2.45) is 0 Å². The third-order valence-electron chi connectivity index (χ3n) is 6.32. The van der Waals surface area contributed by atoms with Crippen LogP contribution in [-0.2, 0) is 0 Å². The lowest BCUT2D eigenvalue weighted by atomic mass is 9.87. The van der Waals surface area contributed by atoms with Crippen LogP contribution in [0.15, 0.2) is 79.6 Å². The first kappa shape index (κ1) is 21.1. The molecule has 0 unspecified atom stereocenters. The van der Waals surface area contributed by atoms with Gasteiger partial charge in [0.15, 0.2) is 0 Å². The van der Waals surface area contributed by atoms with E-state index < -0.39 is 0 Å². The van der Waals surface area contributed by atoms with Gasteiger partial charge in [-0.15, -0.1) is 0 Å². The van der Waals surface area contributed by atoms with Crippen molar-refractivity contribution < 1.29 is 8.78 Å². The van der Waals surface area contributed by atoms with Crippen LogP contribution in [0.3, 0.4) is 0 Å². The number of rotatable bonds is 5. The summed E-state index contributed by atoms with van der Waals surface area (Å²) in [6, 6.07) is 16.9. The minimum atomic E-state index is -0.272. The van der Waals surface area contributed by atoms with E-state index in [1.807, 2.05) is 18.2 Å². The fraction of sp³-hybridized carbons (Fsp3) is 0.185. The molecule has 3 heterocycles. The number of aromatic amines is 1. The lowest BCUT2D eigenvalue weighted by Crippen LogP contribution is -2.31. The third-order valence-corrected chi connectivity index (χ3v) is 6.32. The number of hydrogen-bond acceptors (Lipinski definition) is 3. The maximum absolute atomic E-state index is 13.7. The van der Waals surface area contributed by atoms with Gasteiger partial charge in [-0.3, -0.25) is 10.1 Å². The number of H-pyrrole nitrogens is 1. The Kier molecular flexibility index (Phi) is 5.73. The van der Waals surface area contributed by atoms with E-state index in [0.29, 0.717) is 0 Å². The zero-order valence-corrected chi connectivity index (χ0v) is 18.1. The van der Waals surface area contributed by atoms with Gasteiger partial charge in [-0.2, -0.15) is 5.10 Å². The van der Waals surface area contributed by atoms with E-state index in [1.165, 1.54) is 24.3 Å². The fourth-order valence-electron chi connectivity index (χ4n) is 4.57. The second-order valence-electron chi connectivity index (χ2n) is 8.32. The van der Waals surface area contributed by atoms with Crippen LogP contribution in [0, 0.1) is 11.6 Å². The second-order valence-corrected chi connectivity index (χ2v) is 8.32. The number of benzene rings is 2. The standard InChI is InChI=1S/C27H24F2N4/c1-18(22-3-2-4-24(29)17-22)33-15-11-21(12-16-33)27-25(19-9-13-30-14-10-19)26(31-32-27)20-5-7-23(28)8-6-20/h2-10,13-14,17,21H,1,11-12,15-16H2,(H,31,32). The molecule has 0 amide bonds. The summed E-state index contributed by atoms with van der Waals surface area (Å²) in [5.74, 6) is -0.242. The highest BCUT2D eigenvalue weighted by Gasteiger charge is 2.28. The van der Waals surface area contributed by atoms with Crippen LogP contribution in [0.4, 0.5) is 8.78 Å². The van der Waals surface area contributed by atoms with E-state index in [-0.39, 0.29) is 17.6 Å². The quantitative estimate of drug-likeness (QED) is 0.396. The van der Waals surface area contributed by atoms with Crippen LogP contribution in [-0.4, -0.2) is 33.2 Å². The smallest absolute Gasteiger partial charge is 0.123 e. The molecule has 0 atom stereocenters. The molecule has 6 heteroatoms. The molecule has 1 fully saturated rings. The van der Waals surface area contributed by atoms with Crippen molar-refractivity contribution in [2.45, 2.75) is 18.8 Å². The maximum atomic E-state index is 13.7. The molecule has 0 radical (unpaired) electrons. The Hall–Kier alpha value is -3.80. The molecule has 0 bridgehead atoms. The van der Waals surface area contributed by atoms with Crippen molar-refractivity contribution >= 4 is 5.70 Å². The molecule has 2 aromatic carbocycles. The first-order valence-corrected chi connectivity index (χ1v) is 11.0. The summed E-state index contributed by atoms with van der Waals surface area (Å²) in [6.45, 7) is 5.85. The zero-order chi connectivity index (χ0) is 22.8. The van der Waals surface area contributed by atoms with Crippen LogP contribution in [0.25, 0.3) is 28.1 Å². The predicted octanol–water partition coefficient (Wildman–Crippen LogP) is 6.27. The van der Waals surface area contributed by atoms with E-state index in [1.54, 1.807) is 30.6 Å². The molecule has 0 saturated carbocycles. The molecule has 1 aliphatic heterocycles. The summed E-state index contributed by atoms with van der Waals surface area (Å²) in [6.07, 6.45) is 5.37. The van der Waals surface area contributed by atoms with Crippen LogP contribution < -0.4 is 0 Å². The lowest BCUT2D eigenvalue weighted by Gasteiger charge is -2.35. The minimum Gasteiger partial charge on any atom is -0.371 e. The molecule has 1 N–H and O–H groups in total. The largest absolute Gasteiger partial charge is 0.371 e. The Labute approximate surface area is 191 Å². The van der Waals surface area contributed by atoms with Gasteiger partial charge in [0, 0.05) is 59.5 Å². The van der Waals surface area contributed by atoms with Gasteiger partial charge in [0.2, 0.25) is 0 Å². The minimum absolute atomic E-state index is 0.253. The van der Waals surface area contributed by atoms with E-state index in [4.69, 9.17) is 0 Å². The van der Waals surface area contributed by atoms with Crippen molar-refractivity contribution in [1.82, 2.24) is 20.1 Å². The predicted molar refractivity (Wildman–Crippen MR) is 126 cm³/mol. The Morgan fingerprint density at radius 2 is 1.64 bits per heavy atom. The number of pyridine rings is 1. The molecular weight excluding hydrogens is 418 g/mol. The molecule has 166 valence electrons. The number of aromatic nitrogens is 3. The van der Waals surface area contributed by atoms with E-state index >= 15 is 0 Å². The molecule has 2 aromatic heterocycles. The van der Waals surface area contributed by atoms with Crippen molar-refractivity contribution in [3.63, 3.8) is 0 Å². The molecule has 4 nitrogen and oxygen atoms in total. The van der Waals surface area contributed by atoms with E-state index in [9.17, 15) is 8.78 Å². The van der Waals surface area contributed by atoms with Crippen LogP contribution in [0.2, 0.25) is 0 Å². The fourth-order valence-corrected chi connectivity index (χ4v) is 4.57. The Balaban J connectivity index is 1.42. The molecule has 0 spiro atoms. The second kappa shape index (κ2) is 8.98. The summed E-state index contributed by atoms with van der Waals surface area (Å²) >= 11 is 0. The summed E-state index contributed by atoms with van der Waals surface area (Å²) in [5, 5.41) is 7.92. The van der Waals surface area contributed by atoms with Gasteiger partial charge in [-0.1, -0.05) is 18.7 Å². The summed E-state index contributed by atoms with van der Waals surface area (Å²) < 4.78 is 27.2. The van der Waals surface area contributed by atoms with Crippen molar-refractivity contribution in [2.75, 3.05) is 13.1 Å². The van der Waals surface area contributed by atoms with Gasteiger partial charge in [-0.25, -0.2) is 8.78 Å². The number of piperidine rings is 1. The van der Waals surface area contributed by atoms with Crippen molar-refractivity contribution in [3.05, 3.63) is 103 Å². The number of likely N-dealkylation sites (tertiary alicyclic amines) is 1. The Morgan fingerprint density at radius 3 is 2.33 bits per heavy atom. The molecule has 1 saturated heterocycles. The van der Waals surface area contributed by atoms with E-state index in [0.717, 1.165) is 65.3 Å². The van der Waals surface area contributed by atoms with Crippen LogP contribution in [0.5, 0.6) is 0 Å². The number of nitrogens with one attached hydrogen (secondary N) is 1. The monoisotopic (exact) mass is 442 g/mol. The van der Waals surface area contributed by atoms with Gasteiger partial charge < -0.3 is 4.90 Å². The summed E-state index contributed by atoms with van der Waals surface area (Å²) in [5.41, 5.74) is 6.47. The average Bonchev–Trinajstić information content (AvgIpc) is 3.30. The normalized spacial score (nSPS) is 14.4. The molecule has 4 aromatic rings. The number of hydrogen-bond donors (Lipinski definition) is 1. The van der Waals surface area contributed by atoms with Crippen molar-refractivity contribution in [3.8, 4) is 22.4 Å². The SMILES string of the molecule is C=C(c1cccc(F)c1)N1CCC(c2[nH]nc(-c3ccc(F)cc3)c2-c2ccncc2)CC1. The molecule has 0 aliphatic carbocycles. The lowest BCUT2D eigenvalue weighted by molar-refractivity contribution is 0.297. The Bertz CT molecular complexity index is 1260. The number of halogens is 2. The maximum Gasteiger partial charge on any atom is 0.123 e. The molecule has 5 rings (SSSR count). The van der Waals surface area contributed by atoms with Crippen LogP contribution in [0.1, 0.15) is 30.0 Å². The highest BCUT2D eigenvalue weighted by atomic mass is 19.1. The van der Waals surface area contributed by atoms with Crippen LogP contribution >= 0.6 is 0 Å². The first-order chi connectivity index (χ1) is 16.1. The topological polar surface area (TPSA) is 44.8 Å². The highest BCUT2D eigenvalue weighted by molar-refractivity contribution is 5.82. The zero-order valence-electron chi connectivity index (χ0n) is 18.1. The third kappa shape index (κ3) is 4.29. The van der Waals surface area contributed by atoms with Gasteiger partial charge >= 0.3 is 0 Å². The van der Waals surface area contributed by atoms with Gasteiger partial charge in [-0.05, 0) is 66.9 Å². The van der Waals surface area contributed by atoms with E-state index in [2.05, 4.69) is 26.7 Å².